The summed E-state index contributed by atoms with van der Waals surface area (Å²) in [4.78, 5) is 4.51. The quantitative estimate of drug-likeness (QED) is 0.793. The summed E-state index contributed by atoms with van der Waals surface area (Å²) in [6.07, 6.45) is 6.90. The highest BCUT2D eigenvalue weighted by atomic mass is 79.9. The third kappa shape index (κ3) is 1.74. The van der Waals surface area contributed by atoms with Crippen molar-refractivity contribution in [2.45, 2.75) is 30.5 Å². The average Bonchev–Trinajstić information content (AvgIpc) is 2.67. The normalized spacial score (nSPS) is 32.1. The molecule has 0 bridgehead atoms. The van der Waals surface area contributed by atoms with E-state index in [1.807, 2.05) is 18.4 Å². The molecule has 0 fully saturated rings. The summed E-state index contributed by atoms with van der Waals surface area (Å²) in [6, 6.07) is 1.93. The summed E-state index contributed by atoms with van der Waals surface area (Å²) >= 11 is 3.62. The topological polar surface area (TPSA) is 51.0 Å². The molecule has 2 aliphatic heterocycles. The van der Waals surface area contributed by atoms with Crippen LogP contribution >= 0.6 is 15.9 Å². The standard InChI is InChI=1S/C16H16BrNO3/c1-20-12-7-11(17)10-8-18-5-4-16-3-2-9(19)6-13(16)21-15(12)14(10)16/h2-3,7-9,13,19H,4-6H2,1H3/t9-,13-,16-/m0/s1. The van der Waals surface area contributed by atoms with Crippen LogP contribution in [0.2, 0.25) is 0 Å². The highest BCUT2D eigenvalue weighted by Crippen LogP contribution is 2.56. The lowest BCUT2D eigenvalue weighted by molar-refractivity contribution is 0.0856. The smallest absolute Gasteiger partial charge is 0.166 e. The van der Waals surface area contributed by atoms with Gasteiger partial charge in [0.05, 0.1) is 18.6 Å². The van der Waals surface area contributed by atoms with E-state index >= 15 is 0 Å². The van der Waals surface area contributed by atoms with Gasteiger partial charge in [0.15, 0.2) is 11.5 Å². The first-order valence-corrected chi connectivity index (χ1v) is 7.90. The fraction of sp³-hybridized carbons (Fsp3) is 0.438. The van der Waals surface area contributed by atoms with Crippen LogP contribution in [0.25, 0.3) is 0 Å². The Kier molecular flexibility index (Phi) is 2.91. The second kappa shape index (κ2) is 4.58. The zero-order valence-electron chi connectivity index (χ0n) is 11.7. The van der Waals surface area contributed by atoms with Crippen LogP contribution in [0.4, 0.5) is 0 Å². The second-order valence-corrected chi connectivity index (χ2v) is 6.63. The molecule has 0 amide bonds. The Labute approximate surface area is 131 Å². The third-order valence-corrected chi connectivity index (χ3v) is 5.36. The van der Waals surface area contributed by atoms with Crippen molar-refractivity contribution < 1.29 is 14.6 Å². The number of nitrogens with zero attached hydrogens (tertiary/aromatic N) is 1. The van der Waals surface area contributed by atoms with Gasteiger partial charge in [-0.1, -0.05) is 12.2 Å². The highest BCUT2D eigenvalue weighted by Gasteiger charge is 2.52. The van der Waals surface area contributed by atoms with E-state index in [0.29, 0.717) is 6.42 Å². The monoisotopic (exact) mass is 349 g/mol. The molecule has 0 aromatic heterocycles. The van der Waals surface area contributed by atoms with Crippen molar-refractivity contribution in [1.82, 2.24) is 0 Å². The molecule has 4 nitrogen and oxygen atoms in total. The molecule has 2 heterocycles. The zero-order chi connectivity index (χ0) is 14.6. The number of hydrogen-bond acceptors (Lipinski definition) is 4. The molecule has 3 atom stereocenters. The first-order valence-electron chi connectivity index (χ1n) is 7.10. The molecular weight excluding hydrogens is 334 g/mol. The Hall–Kier alpha value is -1.33. The minimum atomic E-state index is -0.447. The van der Waals surface area contributed by atoms with Crippen LogP contribution in [0.5, 0.6) is 11.5 Å². The number of aliphatic hydroxyl groups is 1. The molecule has 21 heavy (non-hydrogen) atoms. The van der Waals surface area contributed by atoms with Crippen molar-refractivity contribution in [2.75, 3.05) is 13.7 Å². The van der Waals surface area contributed by atoms with Gasteiger partial charge >= 0.3 is 0 Å². The summed E-state index contributed by atoms with van der Waals surface area (Å²) < 4.78 is 12.7. The zero-order valence-corrected chi connectivity index (χ0v) is 13.3. The minimum absolute atomic E-state index is 0.0591. The van der Waals surface area contributed by atoms with Gasteiger partial charge in [0.25, 0.3) is 0 Å². The van der Waals surface area contributed by atoms with Gasteiger partial charge in [0, 0.05) is 34.8 Å². The molecule has 5 heteroatoms. The van der Waals surface area contributed by atoms with E-state index in [9.17, 15) is 5.11 Å². The number of hydrogen-bond donors (Lipinski definition) is 1. The number of rotatable bonds is 1. The molecule has 0 radical (unpaired) electrons. The molecule has 1 N–H and O–H groups in total. The van der Waals surface area contributed by atoms with Crippen molar-refractivity contribution in [1.29, 1.82) is 0 Å². The van der Waals surface area contributed by atoms with Gasteiger partial charge < -0.3 is 14.6 Å². The van der Waals surface area contributed by atoms with Crippen molar-refractivity contribution in [2.24, 2.45) is 4.99 Å². The lowest BCUT2D eigenvalue weighted by atomic mass is 9.69. The molecule has 0 unspecified atom stereocenters. The maximum atomic E-state index is 9.95. The van der Waals surface area contributed by atoms with Crippen molar-refractivity contribution in [3.8, 4) is 11.5 Å². The first kappa shape index (κ1) is 13.3. The lowest BCUT2D eigenvalue weighted by Gasteiger charge is -2.35. The molecule has 3 aliphatic rings. The van der Waals surface area contributed by atoms with Crippen molar-refractivity contribution in [3.63, 3.8) is 0 Å². The number of benzene rings is 1. The molecule has 0 saturated heterocycles. The number of halogens is 1. The van der Waals surface area contributed by atoms with Crippen LogP contribution in [0.3, 0.4) is 0 Å². The van der Waals surface area contributed by atoms with Gasteiger partial charge in [-0.25, -0.2) is 0 Å². The molecule has 110 valence electrons. The van der Waals surface area contributed by atoms with E-state index in [2.05, 4.69) is 27.0 Å². The van der Waals surface area contributed by atoms with Gasteiger partial charge in [0.1, 0.15) is 6.10 Å². The van der Waals surface area contributed by atoms with Crippen LogP contribution in [0.1, 0.15) is 24.0 Å². The molecule has 1 spiro atoms. The third-order valence-electron chi connectivity index (χ3n) is 4.70. The number of aliphatic hydroxyl groups excluding tert-OH is 1. The maximum Gasteiger partial charge on any atom is 0.166 e. The SMILES string of the molecule is COc1cc(Br)c2c3c1O[C@H]1C[C@@H](O)C=C[C@@]31CCN=C2. The lowest BCUT2D eigenvalue weighted by Crippen LogP contribution is -2.42. The average molecular weight is 350 g/mol. The molecular formula is C16H16BrNO3. The fourth-order valence-corrected chi connectivity index (χ4v) is 4.20. The van der Waals surface area contributed by atoms with Gasteiger partial charge in [-0.15, -0.1) is 0 Å². The molecule has 1 aliphatic carbocycles. The molecule has 0 saturated carbocycles. The number of ether oxygens (including phenoxy) is 2. The van der Waals surface area contributed by atoms with E-state index in [1.165, 1.54) is 0 Å². The summed E-state index contributed by atoms with van der Waals surface area (Å²) in [7, 11) is 1.65. The van der Waals surface area contributed by atoms with E-state index in [-0.39, 0.29) is 11.5 Å². The number of methoxy groups -OCH3 is 1. The van der Waals surface area contributed by atoms with Crippen LogP contribution in [0.15, 0.2) is 27.7 Å². The van der Waals surface area contributed by atoms with E-state index in [4.69, 9.17) is 9.47 Å². The molecule has 1 aromatic rings. The van der Waals surface area contributed by atoms with Gasteiger partial charge in [0.2, 0.25) is 0 Å². The second-order valence-electron chi connectivity index (χ2n) is 5.77. The van der Waals surface area contributed by atoms with Crippen LogP contribution in [-0.4, -0.2) is 37.2 Å². The predicted octanol–water partition coefficient (Wildman–Crippen LogP) is 2.60. The first-order chi connectivity index (χ1) is 10.2. The summed E-state index contributed by atoms with van der Waals surface area (Å²) in [6.45, 7) is 0.753. The minimum Gasteiger partial charge on any atom is -0.493 e. The summed E-state index contributed by atoms with van der Waals surface area (Å²) in [5, 5.41) is 9.95. The molecule has 4 rings (SSSR count). The Morgan fingerprint density at radius 1 is 1.52 bits per heavy atom. The highest BCUT2D eigenvalue weighted by molar-refractivity contribution is 9.10. The fourth-order valence-electron chi connectivity index (χ4n) is 3.69. The summed E-state index contributed by atoms with van der Waals surface area (Å²) in [5.74, 6) is 1.53. The van der Waals surface area contributed by atoms with E-state index < -0.39 is 6.10 Å². The predicted molar refractivity (Wildman–Crippen MR) is 83.6 cm³/mol. The Bertz CT molecular complexity index is 670. The number of aliphatic imine (C=N–C) groups is 1. The van der Waals surface area contributed by atoms with E-state index in [1.54, 1.807) is 7.11 Å². The van der Waals surface area contributed by atoms with E-state index in [0.717, 1.165) is 40.1 Å². The molecule has 1 aromatic carbocycles. The van der Waals surface area contributed by atoms with Crippen molar-refractivity contribution in [3.05, 3.63) is 33.8 Å². The van der Waals surface area contributed by atoms with Crippen LogP contribution in [0, 0.1) is 0 Å². The Balaban J connectivity index is 2.03. The largest absolute Gasteiger partial charge is 0.493 e. The van der Waals surface area contributed by atoms with Crippen molar-refractivity contribution >= 4 is 22.1 Å². The Morgan fingerprint density at radius 3 is 3.19 bits per heavy atom. The van der Waals surface area contributed by atoms with Crippen LogP contribution in [-0.2, 0) is 5.41 Å². The maximum absolute atomic E-state index is 9.95. The summed E-state index contributed by atoms with van der Waals surface area (Å²) in [5.41, 5.74) is 1.99. The van der Waals surface area contributed by atoms with Crippen LogP contribution < -0.4 is 9.47 Å². The van der Waals surface area contributed by atoms with Gasteiger partial charge in [-0.3, -0.25) is 4.99 Å². The van der Waals surface area contributed by atoms with Gasteiger partial charge in [-0.2, -0.15) is 0 Å². The van der Waals surface area contributed by atoms with Gasteiger partial charge in [-0.05, 0) is 28.4 Å². The Morgan fingerprint density at radius 2 is 2.38 bits per heavy atom.